The molecule has 9 heteroatoms. The number of esters is 1. The number of anilines is 1. The number of carbonyl (C=O) groups excluding carboxylic acids is 4. The van der Waals surface area contributed by atoms with E-state index in [2.05, 4.69) is 5.32 Å². The molecule has 0 fully saturated rings. The quantitative estimate of drug-likeness (QED) is 0.262. The Kier molecular flexibility index (Phi) is 6.44. The Morgan fingerprint density at radius 1 is 0.711 bits per heavy atom. The van der Waals surface area contributed by atoms with Crippen LogP contribution in [0.15, 0.2) is 107 Å². The average Bonchev–Trinajstić information content (AvgIpc) is 2.95. The maximum absolute atomic E-state index is 13.1. The van der Waals surface area contributed by atoms with E-state index < -0.39 is 34.1 Å². The zero-order chi connectivity index (χ0) is 26.9. The first-order valence-corrected chi connectivity index (χ1v) is 12.9. The van der Waals surface area contributed by atoms with Crippen LogP contribution in [0.25, 0.3) is 0 Å². The average molecular weight is 526 g/mol. The van der Waals surface area contributed by atoms with Gasteiger partial charge in [0.2, 0.25) is 9.84 Å². The van der Waals surface area contributed by atoms with E-state index in [0.29, 0.717) is 5.56 Å². The Morgan fingerprint density at radius 3 is 2.16 bits per heavy atom. The van der Waals surface area contributed by atoms with Gasteiger partial charge in [-0.2, -0.15) is 0 Å². The Balaban J connectivity index is 1.30. The molecule has 1 N–H and O–H groups in total. The number of ketones is 2. The van der Waals surface area contributed by atoms with Gasteiger partial charge in [-0.1, -0.05) is 54.6 Å². The van der Waals surface area contributed by atoms with Crippen LogP contribution in [-0.4, -0.2) is 38.5 Å². The molecule has 4 aromatic rings. The number of ether oxygens (including phenoxy) is 1. The van der Waals surface area contributed by atoms with Crippen molar-refractivity contribution >= 4 is 39.0 Å². The first-order valence-electron chi connectivity index (χ1n) is 11.5. The van der Waals surface area contributed by atoms with Gasteiger partial charge in [-0.25, -0.2) is 13.2 Å². The molecule has 1 amide bonds. The summed E-state index contributed by atoms with van der Waals surface area (Å²) in [6.07, 6.45) is 0. The third-order valence-corrected chi connectivity index (χ3v) is 7.84. The number of nitrogens with one attached hydrogen (secondary N) is 1. The van der Waals surface area contributed by atoms with E-state index in [-0.39, 0.29) is 43.5 Å². The summed E-state index contributed by atoms with van der Waals surface area (Å²) < 4.78 is 31.2. The lowest BCUT2D eigenvalue weighted by molar-refractivity contribution is -0.119. The molecule has 0 atom stereocenters. The number of hydrogen-bond acceptors (Lipinski definition) is 7. The molecule has 0 aliphatic carbocycles. The summed E-state index contributed by atoms with van der Waals surface area (Å²) in [5.74, 6) is -2.39. The highest BCUT2D eigenvalue weighted by atomic mass is 32.2. The van der Waals surface area contributed by atoms with Crippen molar-refractivity contribution in [3.8, 4) is 0 Å². The highest BCUT2D eigenvalue weighted by Gasteiger charge is 2.35. The highest BCUT2D eigenvalue weighted by Crippen LogP contribution is 2.34. The van der Waals surface area contributed by atoms with Crippen molar-refractivity contribution in [1.29, 1.82) is 0 Å². The normalized spacial score (nSPS) is 13.1. The first kappa shape index (κ1) is 24.8. The largest absolute Gasteiger partial charge is 0.452 e. The molecule has 4 aromatic carbocycles. The van der Waals surface area contributed by atoms with Crippen molar-refractivity contribution in [3.63, 3.8) is 0 Å². The zero-order valence-electron chi connectivity index (χ0n) is 19.7. The molecule has 0 bridgehead atoms. The molecule has 0 aromatic heterocycles. The molecule has 0 spiro atoms. The first-order chi connectivity index (χ1) is 18.3. The summed E-state index contributed by atoms with van der Waals surface area (Å²) in [4.78, 5) is 50.4. The number of carbonyl (C=O) groups is 4. The van der Waals surface area contributed by atoms with E-state index >= 15 is 0 Å². The van der Waals surface area contributed by atoms with Crippen LogP contribution in [0.1, 0.15) is 42.2 Å². The van der Waals surface area contributed by atoms with Gasteiger partial charge in [0.1, 0.15) is 0 Å². The molecule has 0 unspecified atom stereocenters. The predicted octanol–water partition coefficient (Wildman–Crippen LogP) is 4.09. The van der Waals surface area contributed by atoms with Crippen LogP contribution in [0.5, 0.6) is 0 Å². The summed E-state index contributed by atoms with van der Waals surface area (Å²) in [5, 5.41) is 2.57. The molecule has 0 radical (unpaired) electrons. The lowest BCUT2D eigenvalue weighted by Crippen LogP contribution is -2.23. The minimum absolute atomic E-state index is 0.0438. The molecule has 8 nitrogen and oxygen atoms in total. The van der Waals surface area contributed by atoms with Crippen LogP contribution in [0.2, 0.25) is 0 Å². The molecule has 5 rings (SSSR count). The summed E-state index contributed by atoms with van der Waals surface area (Å²) in [5.41, 5.74) is 0.856. The van der Waals surface area contributed by atoms with E-state index in [1.54, 1.807) is 60.7 Å². The van der Waals surface area contributed by atoms with E-state index in [0.717, 1.165) is 6.07 Å². The summed E-state index contributed by atoms with van der Waals surface area (Å²) in [7, 11) is -4.04. The van der Waals surface area contributed by atoms with Crippen molar-refractivity contribution in [2.45, 2.75) is 9.79 Å². The molecule has 188 valence electrons. The van der Waals surface area contributed by atoms with Gasteiger partial charge in [-0.15, -0.1) is 0 Å². The fourth-order valence-corrected chi connectivity index (χ4v) is 5.82. The molecule has 1 aliphatic heterocycles. The summed E-state index contributed by atoms with van der Waals surface area (Å²) in [6, 6.07) is 24.5. The topological polar surface area (TPSA) is 124 Å². The Hall–Kier alpha value is -4.89. The van der Waals surface area contributed by atoms with Crippen LogP contribution in [0.4, 0.5) is 5.69 Å². The maximum atomic E-state index is 13.1. The summed E-state index contributed by atoms with van der Waals surface area (Å²) >= 11 is 0. The van der Waals surface area contributed by atoms with Gasteiger partial charge in [0.05, 0.1) is 21.0 Å². The van der Waals surface area contributed by atoms with E-state index in [9.17, 15) is 27.6 Å². The van der Waals surface area contributed by atoms with E-state index in [1.807, 2.05) is 0 Å². The third-order valence-electron chi connectivity index (χ3n) is 5.99. The number of fused-ring (bicyclic) bond motifs is 2. The second-order valence-electron chi connectivity index (χ2n) is 8.40. The zero-order valence-corrected chi connectivity index (χ0v) is 20.5. The fourth-order valence-electron chi connectivity index (χ4n) is 4.15. The second kappa shape index (κ2) is 9.87. The molecule has 1 aliphatic rings. The van der Waals surface area contributed by atoms with Gasteiger partial charge >= 0.3 is 5.97 Å². The Labute approximate surface area is 217 Å². The van der Waals surface area contributed by atoms with Crippen LogP contribution >= 0.6 is 0 Å². The number of hydrogen-bond donors (Lipinski definition) is 1. The molecule has 0 saturated heterocycles. The monoisotopic (exact) mass is 525 g/mol. The molecular formula is C29H19NO7S. The van der Waals surface area contributed by atoms with Gasteiger partial charge in [0, 0.05) is 22.3 Å². The molecule has 1 heterocycles. The minimum Gasteiger partial charge on any atom is -0.452 e. The van der Waals surface area contributed by atoms with E-state index in [4.69, 9.17) is 4.74 Å². The van der Waals surface area contributed by atoms with Crippen LogP contribution in [-0.2, 0) is 19.4 Å². The lowest BCUT2D eigenvalue weighted by atomic mass is 10.0. The molecule has 0 saturated carbocycles. The van der Waals surface area contributed by atoms with Crippen LogP contribution < -0.4 is 5.32 Å². The van der Waals surface area contributed by atoms with E-state index in [1.165, 1.54) is 30.3 Å². The third kappa shape index (κ3) is 4.51. The van der Waals surface area contributed by atoms with Gasteiger partial charge in [-0.3, -0.25) is 14.4 Å². The van der Waals surface area contributed by atoms with Gasteiger partial charge in [0.25, 0.3) is 5.91 Å². The number of para-hydroxylation sites is 1. The van der Waals surface area contributed by atoms with Crippen molar-refractivity contribution in [3.05, 3.63) is 125 Å². The van der Waals surface area contributed by atoms with Crippen molar-refractivity contribution in [1.82, 2.24) is 0 Å². The number of sulfone groups is 1. The number of benzene rings is 4. The smallest absolute Gasteiger partial charge is 0.338 e. The summed E-state index contributed by atoms with van der Waals surface area (Å²) in [6.45, 7) is -0.682. The number of amides is 1. The fraction of sp³-hybridized carbons (Fsp3) is 0.0345. The van der Waals surface area contributed by atoms with Gasteiger partial charge in [-0.05, 0) is 42.5 Å². The Morgan fingerprint density at radius 2 is 1.37 bits per heavy atom. The predicted molar refractivity (Wildman–Crippen MR) is 137 cm³/mol. The van der Waals surface area contributed by atoms with Crippen LogP contribution in [0.3, 0.4) is 0 Å². The standard InChI is InChI=1S/C29H19NO7S/c31-26(30-23-12-6-4-10-20(23)27(32)18-8-2-1-3-9-18)17-37-29(34)19-14-15-22-25(16-19)38(35,36)24-13-7-5-11-21(24)28(22)33/h1-16H,17H2,(H,30,31). The SMILES string of the molecule is O=C(COC(=O)c1ccc2c(c1)S(=O)(=O)c1ccccc1C2=O)Nc1ccccc1C(=O)c1ccccc1. The molecular weight excluding hydrogens is 506 g/mol. The number of rotatable bonds is 6. The Bertz CT molecular complexity index is 1730. The van der Waals surface area contributed by atoms with Crippen LogP contribution in [0, 0.1) is 0 Å². The van der Waals surface area contributed by atoms with Crippen molar-refractivity contribution in [2.75, 3.05) is 11.9 Å². The van der Waals surface area contributed by atoms with Crippen molar-refractivity contribution in [2.24, 2.45) is 0 Å². The van der Waals surface area contributed by atoms with Crippen molar-refractivity contribution < 1.29 is 32.3 Å². The minimum atomic E-state index is -4.04. The maximum Gasteiger partial charge on any atom is 0.338 e. The molecule has 38 heavy (non-hydrogen) atoms. The van der Waals surface area contributed by atoms with Gasteiger partial charge in [0.15, 0.2) is 18.2 Å². The highest BCUT2D eigenvalue weighted by molar-refractivity contribution is 7.91. The second-order valence-corrected chi connectivity index (χ2v) is 10.3. The van der Waals surface area contributed by atoms with Gasteiger partial charge < -0.3 is 10.1 Å². The lowest BCUT2D eigenvalue weighted by Gasteiger charge is -2.19.